The molecule has 0 saturated heterocycles. The van der Waals surface area contributed by atoms with Crippen molar-refractivity contribution in [2.75, 3.05) is 0 Å². The lowest BCUT2D eigenvalue weighted by Gasteiger charge is -2.06. The van der Waals surface area contributed by atoms with Crippen LogP contribution < -0.4 is 0 Å². The van der Waals surface area contributed by atoms with Crippen LogP contribution in [0.1, 0.15) is 30.9 Å². The van der Waals surface area contributed by atoms with E-state index in [1.807, 2.05) is 0 Å². The second kappa shape index (κ2) is 4.91. The third-order valence-electron chi connectivity index (χ3n) is 1.80. The normalized spacial score (nSPS) is 13.5. The predicted molar refractivity (Wildman–Crippen MR) is 43.4 cm³/mol. The van der Waals surface area contributed by atoms with Crippen LogP contribution in [-0.2, 0) is 0 Å². The van der Waals surface area contributed by atoms with Crippen molar-refractivity contribution in [1.29, 1.82) is 0 Å². The van der Waals surface area contributed by atoms with Gasteiger partial charge in [-0.15, -0.1) is 0 Å². The number of nitrogens with zero attached hydrogens (tertiary/aromatic N) is 1. The van der Waals surface area contributed by atoms with Gasteiger partial charge in [0.25, 0.3) is 0 Å². The first-order chi connectivity index (χ1) is 6.20. The van der Waals surface area contributed by atoms with Gasteiger partial charge in [-0.05, 0) is 12.8 Å². The molecule has 0 spiro atoms. The second-order valence-corrected chi connectivity index (χ2v) is 2.87. The quantitative estimate of drug-likeness (QED) is 0.744. The standard InChI is InChI=1S/C8H12F2N2O/c9-8(10)3-1-2-7(13)6-4-11-12-5-6/h4-5,7-8,13H,1-3H2,(H,11,12). The third kappa shape index (κ3) is 3.50. The minimum Gasteiger partial charge on any atom is -0.388 e. The molecule has 0 amide bonds. The van der Waals surface area contributed by atoms with Crippen LogP contribution in [0, 0.1) is 0 Å². The summed E-state index contributed by atoms with van der Waals surface area (Å²) in [5, 5.41) is 15.6. The molecule has 0 fully saturated rings. The van der Waals surface area contributed by atoms with E-state index >= 15 is 0 Å². The van der Waals surface area contributed by atoms with E-state index in [1.54, 1.807) is 6.20 Å². The number of hydrogen-bond acceptors (Lipinski definition) is 2. The van der Waals surface area contributed by atoms with E-state index < -0.39 is 12.5 Å². The van der Waals surface area contributed by atoms with E-state index in [-0.39, 0.29) is 6.42 Å². The van der Waals surface area contributed by atoms with Gasteiger partial charge in [0.15, 0.2) is 0 Å². The fraction of sp³-hybridized carbons (Fsp3) is 0.625. The van der Waals surface area contributed by atoms with E-state index in [1.165, 1.54) is 6.20 Å². The van der Waals surface area contributed by atoms with E-state index in [4.69, 9.17) is 0 Å². The molecular formula is C8H12F2N2O. The zero-order valence-corrected chi connectivity index (χ0v) is 7.08. The lowest BCUT2D eigenvalue weighted by Crippen LogP contribution is -1.98. The molecule has 1 aromatic rings. The number of nitrogens with one attached hydrogen (secondary N) is 1. The average molecular weight is 190 g/mol. The number of halogens is 2. The molecule has 1 unspecified atom stereocenters. The van der Waals surface area contributed by atoms with Crippen LogP contribution in [-0.4, -0.2) is 21.7 Å². The first-order valence-electron chi connectivity index (χ1n) is 4.15. The van der Waals surface area contributed by atoms with Crippen LogP contribution in [0.2, 0.25) is 0 Å². The summed E-state index contributed by atoms with van der Waals surface area (Å²) in [6, 6.07) is 0. The van der Waals surface area contributed by atoms with Gasteiger partial charge in [0, 0.05) is 18.2 Å². The van der Waals surface area contributed by atoms with Crippen LogP contribution in [0.4, 0.5) is 8.78 Å². The molecular weight excluding hydrogens is 178 g/mol. The molecule has 3 nitrogen and oxygen atoms in total. The molecule has 1 atom stereocenters. The van der Waals surface area contributed by atoms with Gasteiger partial charge in [-0.25, -0.2) is 8.78 Å². The van der Waals surface area contributed by atoms with Crippen molar-refractivity contribution < 1.29 is 13.9 Å². The molecule has 2 N–H and O–H groups in total. The lowest BCUT2D eigenvalue weighted by molar-refractivity contribution is 0.117. The van der Waals surface area contributed by atoms with Crippen molar-refractivity contribution in [2.24, 2.45) is 0 Å². The summed E-state index contributed by atoms with van der Waals surface area (Å²) >= 11 is 0. The van der Waals surface area contributed by atoms with E-state index in [9.17, 15) is 13.9 Å². The summed E-state index contributed by atoms with van der Waals surface area (Å²) in [7, 11) is 0. The minimum atomic E-state index is -2.28. The number of H-pyrrole nitrogens is 1. The van der Waals surface area contributed by atoms with Crippen LogP contribution in [0.3, 0.4) is 0 Å². The average Bonchev–Trinajstić information content (AvgIpc) is 2.55. The van der Waals surface area contributed by atoms with Crippen LogP contribution in [0.25, 0.3) is 0 Å². The SMILES string of the molecule is OC(CCCC(F)F)c1cn[nH]c1. The van der Waals surface area contributed by atoms with Crippen LogP contribution >= 0.6 is 0 Å². The fourth-order valence-electron chi connectivity index (χ4n) is 1.08. The maximum Gasteiger partial charge on any atom is 0.238 e. The number of alkyl halides is 2. The Morgan fingerprint density at radius 3 is 2.77 bits per heavy atom. The second-order valence-electron chi connectivity index (χ2n) is 2.87. The van der Waals surface area contributed by atoms with Gasteiger partial charge >= 0.3 is 0 Å². The highest BCUT2D eigenvalue weighted by atomic mass is 19.3. The first-order valence-corrected chi connectivity index (χ1v) is 4.15. The Morgan fingerprint density at radius 2 is 2.23 bits per heavy atom. The van der Waals surface area contributed by atoms with Gasteiger partial charge in [0.2, 0.25) is 6.43 Å². The van der Waals surface area contributed by atoms with Crippen molar-refractivity contribution in [3.8, 4) is 0 Å². The number of aromatic amines is 1. The Balaban J connectivity index is 2.22. The zero-order chi connectivity index (χ0) is 9.68. The minimum absolute atomic E-state index is 0.158. The highest BCUT2D eigenvalue weighted by Gasteiger charge is 2.09. The number of rotatable bonds is 5. The fourth-order valence-corrected chi connectivity index (χ4v) is 1.08. The Morgan fingerprint density at radius 1 is 1.46 bits per heavy atom. The number of aliphatic hydroxyl groups excluding tert-OH is 1. The maximum absolute atomic E-state index is 11.7. The molecule has 5 heteroatoms. The molecule has 0 aliphatic heterocycles. The Hall–Kier alpha value is -0.970. The molecule has 0 aliphatic rings. The van der Waals surface area contributed by atoms with Crippen molar-refractivity contribution >= 4 is 0 Å². The van der Waals surface area contributed by atoms with Crippen LogP contribution in [0.5, 0.6) is 0 Å². The van der Waals surface area contributed by atoms with Crippen molar-refractivity contribution in [3.63, 3.8) is 0 Å². The molecule has 0 bridgehead atoms. The third-order valence-corrected chi connectivity index (χ3v) is 1.80. The van der Waals surface area contributed by atoms with Gasteiger partial charge in [-0.2, -0.15) is 5.10 Å². The summed E-state index contributed by atoms with van der Waals surface area (Å²) in [5.41, 5.74) is 0.647. The first kappa shape index (κ1) is 10.1. The van der Waals surface area contributed by atoms with E-state index in [2.05, 4.69) is 10.2 Å². The molecule has 0 radical (unpaired) electrons. The molecule has 0 saturated carbocycles. The summed E-state index contributed by atoms with van der Waals surface area (Å²) < 4.78 is 23.5. The van der Waals surface area contributed by atoms with E-state index in [0.717, 1.165) is 0 Å². The molecule has 0 aromatic carbocycles. The van der Waals surface area contributed by atoms with Gasteiger partial charge in [-0.1, -0.05) is 0 Å². The summed E-state index contributed by atoms with van der Waals surface area (Å²) in [5.74, 6) is 0. The van der Waals surface area contributed by atoms with E-state index in [0.29, 0.717) is 18.4 Å². The van der Waals surface area contributed by atoms with Crippen molar-refractivity contribution in [2.45, 2.75) is 31.8 Å². The Labute approximate surface area is 74.8 Å². The molecule has 0 aliphatic carbocycles. The summed E-state index contributed by atoms with van der Waals surface area (Å²) in [6.07, 6.45) is 0.608. The maximum atomic E-state index is 11.7. The molecule has 1 aromatic heterocycles. The molecule has 13 heavy (non-hydrogen) atoms. The number of hydrogen-bond donors (Lipinski definition) is 2. The molecule has 1 rings (SSSR count). The Bertz CT molecular complexity index is 226. The predicted octanol–water partition coefficient (Wildman–Crippen LogP) is 1.88. The monoisotopic (exact) mass is 190 g/mol. The Kier molecular flexibility index (Phi) is 3.82. The molecule has 1 heterocycles. The van der Waals surface area contributed by atoms with Crippen LogP contribution in [0.15, 0.2) is 12.4 Å². The van der Waals surface area contributed by atoms with Gasteiger partial charge in [0.1, 0.15) is 0 Å². The highest BCUT2D eigenvalue weighted by molar-refractivity contribution is 5.06. The highest BCUT2D eigenvalue weighted by Crippen LogP contribution is 2.18. The van der Waals surface area contributed by atoms with Gasteiger partial charge < -0.3 is 5.11 Å². The number of aliphatic hydroxyl groups is 1. The smallest absolute Gasteiger partial charge is 0.238 e. The topological polar surface area (TPSA) is 48.9 Å². The number of aromatic nitrogens is 2. The zero-order valence-electron chi connectivity index (χ0n) is 7.08. The summed E-state index contributed by atoms with van der Waals surface area (Å²) in [6.45, 7) is 0. The lowest BCUT2D eigenvalue weighted by atomic mass is 10.1. The molecule has 74 valence electrons. The van der Waals surface area contributed by atoms with Gasteiger partial charge in [-0.3, -0.25) is 5.10 Å². The van der Waals surface area contributed by atoms with Gasteiger partial charge in [0.05, 0.1) is 12.3 Å². The van der Waals surface area contributed by atoms with Crippen molar-refractivity contribution in [1.82, 2.24) is 10.2 Å². The van der Waals surface area contributed by atoms with Crippen molar-refractivity contribution in [3.05, 3.63) is 18.0 Å². The summed E-state index contributed by atoms with van der Waals surface area (Å²) in [4.78, 5) is 0. The largest absolute Gasteiger partial charge is 0.388 e.